The number of alkyl halides is 3. The third kappa shape index (κ3) is 3.27. The van der Waals surface area contributed by atoms with Crippen LogP contribution < -0.4 is 10.5 Å². The molecule has 2 aromatic carbocycles. The molecule has 2 N–H and O–H groups in total. The Morgan fingerprint density at radius 2 is 1.70 bits per heavy atom. The number of nitrogens with two attached hydrogens (primary N) is 1. The van der Waals surface area contributed by atoms with Crippen LogP contribution in [-0.4, -0.2) is 6.36 Å². The Morgan fingerprint density at radius 3 is 2.35 bits per heavy atom. The molecule has 0 atom stereocenters. The van der Waals surface area contributed by atoms with Crippen LogP contribution in [0.2, 0.25) is 0 Å². The Morgan fingerprint density at radius 1 is 1.00 bits per heavy atom. The van der Waals surface area contributed by atoms with Gasteiger partial charge >= 0.3 is 6.36 Å². The number of ether oxygens (including phenoxy) is 1. The summed E-state index contributed by atoms with van der Waals surface area (Å²) >= 11 is 0. The summed E-state index contributed by atoms with van der Waals surface area (Å²) in [7, 11) is 0. The molecule has 0 fully saturated rings. The highest BCUT2D eigenvalue weighted by molar-refractivity contribution is 5.73. The SMILES string of the molecule is NCc1cc(F)ccc1-c1ccccc1OC(F)(F)F. The molecule has 0 spiro atoms. The van der Waals surface area contributed by atoms with Crippen LogP contribution in [0.4, 0.5) is 17.6 Å². The van der Waals surface area contributed by atoms with E-state index in [2.05, 4.69) is 4.74 Å². The summed E-state index contributed by atoms with van der Waals surface area (Å²) in [5.74, 6) is -0.843. The molecule has 0 saturated carbocycles. The van der Waals surface area contributed by atoms with Gasteiger partial charge in [0, 0.05) is 12.1 Å². The standard InChI is InChI=1S/C14H11F4NO/c15-10-5-6-11(9(7-10)8-19)12-3-1-2-4-13(12)20-14(16,17)18/h1-7H,8,19H2. The highest BCUT2D eigenvalue weighted by Crippen LogP contribution is 2.35. The summed E-state index contributed by atoms with van der Waals surface area (Å²) in [6, 6.07) is 9.41. The second-order valence-electron chi connectivity index (χ2n) is 4.05. The van der Waals surface area contributed by atoms with Gasteiger partial charge < -0.3 is 10.5 Å². The van der Waals surface area contributed by atoms with Gasteiger partial charge in [0.15, 0.2) is 0 Å². The number of halogens is 4. The first-order chi connectivity index (χ1) is 9.40. The lowest BCUT2D eigenvalue weighted by atomic mass is 9.99. The number of hydrogen-bond acceptors (Lipinski definition) is 2. The van der Waals surface area contributed by atoms with Crippen LogP contribution >= 0.6 is 0 Å². The van der Waals surface area contributed by atoms with Gasteiger partial charge in [0.25, 0.3) is 0 Å². The van der Waals surface area contributed by atoms with Crippen LogP contribution in [0.5, 0.6) is 5.75 Å². The van der Waals surface area contributed by atoms with Crippen molar-refractivity contribution >= 4 is 0 Å². The molecule has 0 radical (unpaired) electrons. The molecule has 106 valence electrons. The van der Waals surface area contributed by atoms with Crippen LogP contribution in [-0.2, 0) is 6.54 Å². The van der Waals surface area contributed by atoms with Crippen LogP contribution in [0.3, 0.4) is 0 Å². The zero-order valence-corrected chi connectivity index (χ0v) is 10.2. The van der Waals surface area contributed by atoms with Crippen molar-refractivity contribution in [3.63, 3.8) is 0 Å². The number of rotatable bonds is 3. The van der Waals surface area contributed by atoms with Gasteiger partial charge in [-0.05, 0) is 29.3 Å². The minimum Gasteiger partial charge on any atom is -0.405 e. The van der Waals surface area contributed by atoms with Gasteiger partial charge in [-0.15, -0.1) is 13.2 Å². The molecule has 2 rings (SSSR count). The van der Waals surface area contributed by atoms with Gasteiger partial charge in [-0.3, -0.25) is 0 Å². The van der Waals surface area contributed by atoms with Gasteiger partial charge in [-0.25, -0.2) is 4.39 Å². The maximum absolute atomic E-state index is 13.2. The van der Waals surface area contributed by atoms with Crippen LogP contribution in [0.1, 0.15) is 5.56 Å². The van der Waals surface area contributed by atoms with Gasteiger partial charge in [0.1, 0.15) is 11.6 Å². The van der Waals surface area contributed by atoms with E-state index in [0.29, 0.717) is 11.1 Å². The lowest BCUT2D eigenvalue weighted by Gasteiger charge is -2.15. The first-order valence-electron chi connectivity index (χ1n) is 5.74. The van der Waals surface area contributed by atoms with Crippen molar-refractivity contribution in [2.75, 3.05) is 0 Å². The molecular formula is C14H11F4NO. The lowest BCUT2D eigenvalue weighted by molar-refractivity contribution is -0.274. The summed E-state index contributed by atoms with van der Waals surface area (Å²) in [4.78, 5) is 0. The number of para-hydroxylation sites is 1. The largest absolute Gasteiger partial charge is 0.573 e. The van der Waals surface area contributed by atoms with Crippen molar-refractivity contribution in [1.82, 2.24) is 0 Å². The molecular weight excluding hydrogens is 274 g/mol. The van der Waals surface area contributed by atoms with E-state index in [0.717, 1.165) is 0 Å². The Labute approximate surface area is 112 Å². The second kappa shape index (κ2) is 5.50. The highest BCUT2D eigenvalue weighted by atomic mass is 19.4. The van der Waals surface area contributed by atoms with E-state index >= 15 is 0 Å². The van der Waals surface area contributed by atoms with Gasteiger partial charge in [-0.2, -0.15) is 0 Å². The van der Waals surface area contributed by atoms with Crippen LogP contribution in [0, 0.1) is 5.82 Å². The van der Waals surface area contributed by atoms with E-state index < -0.39 is 12.2 Å². The van der Waals surface area contributed by atoms with Crippen molar-refractivity contribution < 1.29 is 22.3 Å². The summed E-state index contributed by atoms with van der Waals surface area (Å²) in [5.41, 5.74) is 6.53. The predicted molar refractivity (Wildman–Crippen MR) is 66.4 cm³/mol. The quantitative estimate of drug-likeness (QED) is 0.869. The fourth-order valence-electron chi connectivity index (χ4n) is 1.90. The highest BCUT2D eigenvalue weighted by Gasteiger charge is 2.32. The van der Waals surface area contributed by atoms with E-state index in [-0.39, 0.29) is 17.9 Å². The zero-order chi connectivity index (χ0) is 14.8. The summed E-state index contributed by atoms with van der Waals surface area (Å²) < 4.78 is 54.3. The minimum absolute atomic E-state index is 0.00739. The Kier molecular flexibility index (Phi) is 3.94. The third-order valence-corrected chi connectivity index (χ3v) is 2.69. The fourth-order valence-corrected chi connectivity index (χ4v) is 1.90. The normalized spacial score (nSPS) is 11.4. The van der Waals surface area contributed by atoms with E-state index in [1.165, 1.54) is 36.4 Å². The van der Waals surface area contributed by atoms with Crippen LogP contribution in [0.25, 0.3) is 11.1 Å². The molecule has 0 aromatic heterocycles. The average Bonchev–Trinajstić information content (AvgIpc) is 2.38. The van der Waals surface area contributed by atoms with Gasteiger partial charge in [0.2, 0.25) is 0 Å². The molecule has 0 aliphatic carbocycles. The predicted octanol–water partition coefficient (Wildman–Crippen LogP) is 3.85. The topological polar surface area (TPSA) is 35.2 Å². The molecule has 0 unspecified atom stereocenters. The molecule has 2 nitrogen and oxygen atoms in total. The van der Waals surface area contributed by atoms with Crippen molar-refractivity contribution in [2.45, 2.75) is 12.9 Å². The summed E-state index contributed by atoms with van der Waals surface area (Å²) in [5, 5.41) is 0. The molecule has 0 amide bonds. The molecule has 0 heterocycles. The van der Waals surface area contributed by atoms with Crippen molar-refractivity contribution in [1.29, 1.82) is 0 Å². The lowest BCUT2D eigenvalue weighted by Crippen LogP contribution is -2.17. The first-order valence-corrected chi connectivity index (χ1v) is 5.74. The molecule has 0 bridgehead atoms. The molecule has 0 aliphatic heterocycles. The number of hydrogen-bond donors (Lipinski definition) is 1. The van der Waals surface area contributed by atoms with E-state index in [9.17, 15) is 17.6 Å². The van der Waals surface area contributed by atoms with E-state index in [1.807, 2.05) is 0 Å². The maximum Gasteiger partial charge on any atom is 0.573 e. The Bertz CT molecular complexity index is 610. The summed E-state index contributed by atoms with van der Waals surface area (Å²) in [6.45, 7) is 0.00739. The minimum atomic E-state index is -4.79. The van der Waals surface area contributed by atoms with Gasteiger partial charge in [-0.1, -0.05) is 24.3 Å². The monoisotopic (exact) mass is 285 g/mol. The van der Waals surface area contributed by atoms with Crippen molar-refractivity contribution in [3.05, 3.63) is 53.8 Å². The molecule has 20 heavy (non-hydrogen) atoms. The first kappa shape index (κ1) is 14.3. The van der Waals surface area contributed by atoms with E-state index in [4.69, 9.17) is 5.73 Å². The zero-order valence-electron chi connectivity index (χ0n) is 10.2. The molecule has 2 aromatic rings. The Hall–Kier alpha value is -2.08. The Balaban J connectivity index is 2.53. The van der Waals surface area contributed by atoms with Crippen LogP contribution in [0.15, 0.2) is 42.5 Å². The third-order valence-electron chi connectivity index (χ3n) is 2.69. The van der Waals surface area contributed by atoms with Crippen molar-refractivity contribution in [3.8, 4) is 16.9 Å². The van der Waals surface area contributed by atoms with E-state index in [1.54, 1.807) is 6.07 Å². The maximum atomic E-state index is 13.2. The molecule has 0 saturated heterocycles. The molecule has 0 aliphatic rings. The fraction of sp³-hybridized carbons (Fsp3) is 0.143. The molecule has 6 heteroatoms. The second-order valence-corrected chi connectivity index (χ2v) is 4.05. The number of benzene rings is 2. The summed E-state index contributed by atoms with van der Waals surface area (Å²) in [6.07, 6.45) is -4.79. The average molecular weight is 285 g/mol. The smallest absolute Gasteiger partial charge is 0.405 e. The van der Waals surface area contributed by atoms with Gasteiger partial charge in [0.05, 0.1) is 0 Å². The van der Waals surface area contributed by atoms with Crippen molar-refractivity contribution in [2.24, 2.45) is 5.73 Å².